The molecule has 1 unspecified atom stereocenters. The maximum atomic E-state index is 10.3. The summed E-state index contributed by atoms with van der Waals surface area (Å²) in [6.45, 7) is 6.80. The minimum absolute atomic E-state index is 0.321. The number of hydrogen-bond acceptors (Lipinski definition) is 5. The number of aliphatic hydroxyl groups excluding tert-OH is 1. The molecule has 0 aliphatic carbocycles. The van der Waals surface area contributed by atoms with Crippen molar-refractivity contribution in [2.75, 3.05) is 51.3 Å². The minimum atomic E-state index is -0.483. The Balaban J connectivity index is 1.40. The Bertz CT molecular complexity index is 665. The molecule has 0 bridgehead atoms. The summed E-state index contributed by atoms with van der Waals surface area (Å²) >= 11 is 0. The fraction of sp³-hybridized carbons (Fsp3) is 0.429. The van der Waals surface area contributed by atoms with Gasteiger partial charge in [0.1, 0.15) is 24.2 Å². The largest absolute Gasteiger partial charge is 0.497 e. The molecule has 0 radical (unpaired) electrons. The van der Waals surface area contributed by atoms with Crippen LogP contribution < -0.4 is 14.4 Å². The second kappa shape index (κ2) is 8.92. The van der Waals surface area contributed by atoms with E-state index in [4.69, 9.17) is 9.47 Å². The van der Waals surface area contributed by atoms with Crippen LogP contribution in [0, 0.1) is 6.92 Å². The van der Waals surface area contributed by atoms with Crippen molar-refractivity contribution in [3.8, 4) is 11.5 Å². The molecular formula is C21H28N2O3. The number of methoxy groups -OCH3 is 1. The van der Waals surface area contributed by atoms with Gasteiger partial charge in [-0.15, -0.1) is 0 Å². The molecule has 0 spiro atoms. The summed E-state index contributed by atoms with van der Waals surface area (Å²) in [5.74, 6) is 1.68. The number of aliphatic hydroxyl groups is 1. The summed E-state index contributed by atoms with van der Waals surface area (Å²) in [6, 6.07) is 16.1. The summed E-state index contributed by atoms with van der Waals surface area (Å²) in [6.07, 6.45) is -0.483. The Hall–Kier alpha value is -2.24. The molecule has 5 nitrogen and oxygen atoms in total. The van der Waals surface area contributed by atoms with E-state index >= 15 is 0 Å². The molecule has 2 aromatic carbocycles. The van der Waals surface area contributed by atoms with E-state index in [0.717, 1.165) is 37.7 Å². The highest BCUT2D eigenvalue weighted by Gasteiger charge is 2.19. The molecule has 140 valence electrons. The molecule has 1 atom stereocenters. The summed E-state index contributed by atoms with van der Waals surface area (Å²) in [5.41, 5.74) is 2.42. The van der Waals surface area contributed by atoms with E-state index in [1.54, 1.807) is 7.11 Å². The number of hydrogen-bond donors (Lipinski definition) is 1. The first-order chi connectivity index (χ1) is 12.6. The number of rotatable bonds is 7. The molecular weight excluding hydrogens is 328 g/mol. The molecule has 5 heteroatoms. The Labute approximate surface area is 155 Å². The van der Waals surface area contributed by atoms with E-state index in [2.05, 4.69) is 21.9 Å². The third-order valence-electron chi connectivity index (χ3n) is 4.74. The second-order valence-corrected chi connectivity index (χ2v) is 6.76. The first kappa shape index (κ1) is 18.5. The predicted octanol–water partition coefficient (Wildman–Crippen LogP) is 2.57. The van der Waals surface area contributed by atoms with E-state index in [0.29, 0.717) is 13.2 Å². The van der Waals surface area contributed by atoms with Crippen molar-refractivity contribution in [3.63, 3.8) is 0 Å². The Morgan fingerprint density at radius 2 is 1.54 bits per heavy atom. The number of anilines is 1. The van der Waals surface area contributed by atoms with Crippen molar-refractivity contribution in [2.24, 2.45) is 0 Å². The van der Waals surface area contributed by atoms with Crippen LogP contribution in [0.25, 0.3) is 0 Å². The van der Waals surface area contributed by atoms with Gasteiger partial charge in [-0.1, -0.05) is 17.7 Å². The van der Waals surface area contributed by atoms with Crippen LogP contribution in [0.5, 0.6) is 11.5 Å². The Morgan fingerprint density at radius 3 is 2.15 bits per heavy atom. The van der Waals surface area contributed by atoms with E-state index in [1.807, 2.05) is 43.3 Å². The molecule has 1 fully saturated rings. The van der Waals surface area contributed by atoms with Crippen molar-refractivity contribution in [1.82, 2.24) is 4.90 Å². The SMILES string of the molecule is COc1ccc(N2CCN(CC(O)COc3ccc(C)cc3)CC2)cc1. The molecule has 3 rings (SSSR count). The Morgan fingerprint density at radius 1 is 0.923 bits per heavy atom. The lowest BCUT2D eigenvalue weighted by molar-refractivity contribution is 0.0663. The van der Waals surface area contributed by atoms with Gasteiger partial charge in [-0.3, -0.25) is 4.90 Å². The van der Waals surface area contributed by atoms with E-state index in [1.165, 1.54) is 11.3 Å². The molecule has 1 heterocycles. The zero-order valence-electron chi connectivity index (χ0n) is 15.6. The van der Waals surface area contributed by atoms with Crippen molar-refractivity contribution < 1.29 is 14.6 Å². The minimum Gasteiger partial charge on any atom is -0.497 e. The van der Waals surface area contributed by atoms with E-state index < -0.39 is 6.10 Å². The van der Waals surface area contributed by atoms with Gasteiger partial charge in [0, 0.05) is 38.4 Å². The standard InChI is InChI=1S/C21H28N2O3/c1-17-3-7-21(8-4-17)26-16-19(24)15-22-11-13-23(14-12-22)18-5-9-20(25-2)10-6-18/h3-10,19,24H,11-16H2,1-2H3. The number of piperazine rings is 1. The summed E-state index contributed by atoms with van der Waals surface area (Å²) < 4.78 is 10.9. The second-order valence-electron chi connectivity index (χ2n) is 6.76. The first-order valence-electron chi connectivity index (χ1n) is 9.13. The zero-order valence-corrected chi connectivity index (χ0v) is 15.6. The molecule has 1 aliphatic heterocycles. The average Bonchev–Trinajstić information content (AvgIpc) is 2.68. The van der Waals surface area contributed by atoms with Crippen LogP contribution in [0.4, 0.5) is 5.69 Å². The molecule has 26 heavy (non-hydrogen) atoms. The zero-order chi connectivity index (χ0) is 18.4. The maximum Gasteiger partial charge on any atom is 0.119 e. The van der Waals surface area contributed by atoms with Gasteiger partial charge in [0.05, 0.1) is 7.11 Å². The topological polar surface area (TPSA) is 45.2 Å². The molecule has 0 saturated carbocycles. The van der Waals surface area contributed by atoms with Crippen molar-refractivity contribution >= 4 is 5.69 Å². The number of benzene rings is 2. The van der Waals surface area contributed by atoms with Gasteiger partial charge in [0.15, 0.2) is 0 Å². The number of β-amino-alcohol motifs (C(OH)–C–C–N with tert-alkyl or cyclic N) is 1. The van der Waals surface area contributed by atoms with Crippen molar-refractivity contribution in [3.05, 3.63) is 54.1 Å². The van der Waals surface area contributed by atoms with Crippen LogP contribution >= 0.6 is 0 Å². The third-order valence-corrected chi connectivity index (χ3v) is 4.74. The molecule has 0 amide bonds. The van der Waals surface area contributed by atoms with Gasteiger partial charge in [-0.25, -0.2) is 0 Å². The quantitative estimate of drug-likeness (QED) is 0.826. The van der Waals surface area contributed by atoms with Crippen molar-refractivity contribution in [2.45, 2.75) is 13.0 Å². The van der Waals surface area contributed by atoms with Crippen LogP contribution in [0.1, 0.15) is 5.56 Å². The highest BCUT2D eigenvalue weighted by atomic mass is 16.5. The maximum absolute atomic E-state index is 10.3. The monoisotopic (exact) mass is 356 g/mol. The lowest BCUT2D eigenvalue weighted by Crippen LogP contribution is -2.49. The molecule has 2 aromatic rings. The molecule has 1 aliphatic rings. The number of ether oxygens (including phenoxy) is 2. The van der Waals surface area contributed by atoms with Gasteiger partial charge in [0.2, 0.25) is 0 Å². The van der Waals surface area contributed by atoms with Gasteiger partial charge in [0.25, 0.3) is 0 Å². The van der Waals surface area contributed by atoms with Gasteiger partial charge in [-0.2, -0.15) is 0 Å². The number of aryl methyl sites for hydroxylation is 1. The molecule has 0 aromatic heterocycles. The van der Waals surface area contributed by atoms with Crippen LogP contribution in [0.15, 0.2) is 48.5 Å². The summed E-state index contributed by atoms with van der Waals surface area (Å²) in [5, 5.41) is 10.3. The normalized spacial score (nSPS) is 16.3. The third kappa shape index (κ3) is 5.13. The lowest BCUT2D eigenvalue weighted by Gasteiger charge is -2.36. The number of nitrogens with zero attached hydrogens (tertiary/aromatic N) is 2. The van der Waals surface area contributed by atoms with Gasteiger partial charge >= 0.3 is 0 Å². The first-order valence-corrected chi connectivity index (χ1v) is 9.13. The van der Waals surface area contributed by atoms with E-state index in [-0.39, 0.29) is 0 Å². The fourth-order valence-corrected chi connectivity index (χ4v) is 3.16. The molecule has 1 saturated heterocycles. The van der Waals surface area contributed by atoms with Crippen molar-refractivity contribution in [1.29, 1.82) is 0 Å². The van der Waals surface area contributed by atoms with Crippen LogP contribution in [0.2, 0.25) is 0 Å². The smallest absolute Gasteiger partial charge is 0.119 e. The van der Waals surface area contributed by atoms with Gasteiger partial charge < -0.3 is 19.5 Å². The highest BCUT2D eigenvalue weighted by Crippen LogP contribution is 2.20. The lowest BCUT2D eigenvalue weighted by atomic mass is 10.2. The van der Waals surface area contributed by atoms with E-state index in [9.17, 15) is 5.11 Å². The average molecular weight is 356 g/mol. The van der Waals surface area contributed by atoms with Crippen LogP contribution in [-0.2, 0) is 0 Å². The van der Waals surface area contributed by atoms with Crippen LogP contribution in [-0.4, -0.2) is 62.6 Å². The van der Waals surface area contributed by atoms with Gasteiger partial charge in [-0.05, 0) is 43.3 Å². The summed E-state index contributed by atoms with van der Waals surface area (Å²) in [7, 11) is 1.68. The van der Waals surface area contributed by atoms with Crippen LogP contribution in [0.3, 0.4) is 0 Å². The fourth-order valence-electron chi connectivity index (χ4n) is 3.16. The summed E-state index contributed by atoms with van der Waals surface area (Å²) in [4.78, 5) is 4.66. The molecule has 1 N–H and O–H groups in total. The predicted molar refractivity (Wildman–Crippen MR) is 104 cm³/mol. The Kier molecular flexibility index (Phi) is 6.36. The highest BCUT2D eigenvalue weighted by molar-refractivity contribution is 5.49.